The van der Waals surface area contributed by atoms with Crippen LogP contribution in [0, 0.1) is 5.82 Å². The molecule has 0 aliphatic rings. The number of benzene rings is 2. The highest BCUT2D eigenvalue weighted by Gasteiger charge is 2.30. The van der Waals surface area contributed by atoms with E-state index in [4.69, 9.17) is 10.5 Å². The number of halogens is 4. The quantitative estimate of drug-likeness (QED) is 0.848. The molecule has 0 aromatic heterocycles. The van der Waals surface area contributed by atoms with Crippen LogP contribution in [0.1, 0.15) is 17.0 Å². The summed E-state index contributed by atoms with van der Waals surface area (Å²) >= 11 is 0. The maximum atomic E-state index is 13.0. The summed E-state index contributed by atoms with van der Waals surface area (Å²) in [6.45, 7) is 0.367. The minimum atomic E-state index is -4.37. The van der Waals surface area contributed by atoms with E-state index in [0.29, 0.717) is 11.3 Å². The summed E-state index contributed by atoms with van der Waals surface area (Å²) in [5.41, 5.74) is 5.58. The van der Waals surface area contributed by atoms with Gasteiger partial charge in [0, 0.05) is 18.5 Å². The second kappa shape index (κ2) is 6.79. The number of nitrogens with two attached hydrogens (primary N) is 1. The zero-order valence-corrected chi connectivity index (χ0v) is 11.6. The van der Waals surface area contributed by atoms with Gasteiger partial charge in [-0.1, -0.05) is 18.2 Å². The molecule has 0 amide bonds. The zero-order chi connectivity index (χ0) is 16.2. The van der Waals surface area contributed by atoms with Crippen molar-refractivity contribution in [1.29, 1.82) is 0 Å². The summed E-state index contributed by atoms with van der Waals surface area (Å²) in [6, 6.07) is 10.4. The van der Waals surface area contributed by atoms with Crippen molar-refractivity contribution >= 4 is 0 Å². The monoisotopic (exact) mass is 313 g/mol. The van der Waals surface area contributed by atoms with Crippen LogP contribution in [0.15, 0.2) is 48.5 Å². The van der Waals surface area contributed by atoms with Crippen LogP contribution in [0.25, 0.3) is 0 Å². The van der Waals surface area contributed by atoms with Gasteiger partial charge in [0.05, 0.1) is 12.2 Å². The molecule has 2 rings (SSSR count). The average molecular weight is 313 g/mol. The highest BCUT2D eigenvalue weighted by atomic mass is 19.4. The van der Waals surface area contributed by atoms with Gasteiger partial charge in [0.15, 0.2) is 0 Å². The maximum absolute atomic E-state index is 13.0. The fourth-order valence-electron chi connectivity index (χ4n) is 2.00. The number of ether oxygens (including phenoxy) is 1. The molecular formula is C16H15F4NO. The van der Waals surface area contributed by atoms with Crippen LogP contribution in [-0.4, -0.2) is 13.2 Å². The van der Waals surface area contributed by atoms with E-state index < -0.39 is 17.6 Å². The lowest BCUT2D eigenvalue weighted by Gasteiger charge is -2.17. The molecular weight excluding hydrogens is 298 g/mol. The molecule has 0 saturated carbocycles. The molecule has 2 nitrogen and oxygen atoms in total. The molecule has 0 fully saturated rings. The van der Waals surface area contributed by atoms with Gasteiger partial charge in [-0.3, -0.25) is 0 Å². The molecule has 22 heavy (non-hydrogen) atoms. The molecule has 0 spiro atoms. The molecule has 2 aromatic carbocycles. The third-order valence-electron chi connectivity index (χ3n) is 3.24. The van der Waals surface area contributed by atoms with Crippen molar-refractivity contribution in [2.24, 2.45) is 5.73 Å². The first-order valence-corrected chi connectivity index (χ1v) is 6.65. The van der Waals surface area contributed by atoms with Crippen LogP contribution in [0.5, 0.6) is 5.75 Å². The zero-order valence-electron chi connectivity index (χ0n) is 11.6. The molecule has 2 aromatic rings. The molecule has 118 valence electrons. The molecule has 1 unspecified atom stereocenters. The van der Waals surface area contributed by atoms with E-state index in [1.807, 2.05) is 0 Å². The first-order chi connectivity index (χ1) is 10.4. The number of hydrogen-bond acceptors (Lipinski definition) is 2. The molecule has 6 heteroatoms. The molecule has 2 N–H and O–H groups in total. The lowest BCUT2D eigenvalue weighted by molar-refractivity contribution is -0.137. The molecule has 0 bridgehead atoms. The van der Waals surface area contributed by atoms with E-state index in [1.54, 1.807) is 6.07 Å². The Kier molecular flexibility index (Phi) is 5.03. The molecule has 0 aliphatic carbocycles. The third kappa shape index (κ3) is 4.21. The second-order valence-corrected chi connectivity index (χ2v) is 4.82. The van der Waals surface area contributed by atoms with Crippen molar-refractivity contribution < 1.29 is 22.3 Å². The highest BCUT2D eigenvalue weighted by Crippen LogP contribution is 2.30. The van der Waals surface area contributed by atoms with E-state index in [9.17, 15) is 17.6 Å². The van der Waals surface area contributed by atoms with Crippen LogP contribution < -0.4 is 10.5 Å². The first-order valence-electron chi connectivity index (χ1n) is 6.65. The van der Waals surface area contributed by atoms with Gasteiger partial charge in [0.2, 0.25) is 0 Å². The van der Waals surface area contributed by atoms with Crippen molar-refractivity contribution in [3.05, 3.63) is 65.5 Å². The summed E-state index contributed by atoms with van der Waals surface area (Å²) in [5.74, 6) is -0.341. The Bertz CT molecular complexity index is 610. The second-order valence-electron chi connectivity index (χ2n) is 4.82. The standard InChI is InChI=1S/C16H15F4NO/c17-14-2-1-3-15(8-14)22-10-12(9-21)11-4-6-13(7-5-11)16(18,19)20/h1-8,12H,9-10,21H2. The van der Waals surface area contributed by atoms with Crippen molar-refractivity contribution in [2.45, 2.75) is 12.1 Å². The molecule has 0 heterocycles. The Morgan fingerprint density at radius 1 is 1.05 bits per heavy atom. The maximum Gasteiger partial charge on any atom is 0.416 e. The number of rotatable bonds is 5. The Hall–Kier alpha value is -2.08. The minimum Gasteiger partial charge on any atom is -0.493 e. The van der Waals surface area contributed by atoms with E-state index in [2.05, 4.69) is 0 Å². The van der Waals surface area contributed by atoms with E-state index in [0.717, 1.165) is 12.1 Å². The van der Waals surface area contributed by atoms with Gasteiger partial charge >= 0.3 is 6.18 Å². The van der Waals surface area contributed by atoms with Crippen molar-refractivity contribution in [3.63, 3.8) is 0 Å². The van der Waals surface area contributed by atoms with Crippen molar-refractivity contribution in [3.8, 4) is 5.75 Å². The van der Waals surface area contributed by atoms with Gasteiger partial charge in [0.1, 0.15) is 11.6 Å². The Morgan fingerprint density at radius 2 is 1.73 bits per heavy atom. The van der Waals surface area contributed by atoms with E-state index in [1.165, 1.54) is 30.3 Å². The largest absolute Gasteiger partial charge is 0.493 e. The van der Waals surface area contributed by atoms with Crippen molar-refractivity contribution in [1.82, 2.24) is 0 Å². The van der Waals surface area contributed by atoms with Crippen LogP contribution in [-0.2, 0) is 6.18 Å². The van der Waals surface area contributed by atoms with Gasteiger partial charge < -0.3 is 10.5 Å². The summed E-state index contributed by atoms with van der Waals surface area (Å²) in [5, 5.41) is 0. The van der Waals surface area contributed by atoms with Gasteiger partial charge in [-0.2, -0.15) is 13.2 Å². The van der Waals surface area contributed by atoms with Crippen LogP contribution in [0.3, 0.4) is 0 Å². The highest BCUT2D eigenvalue weighted by molar-refractivity contribution is 5.28. The van der Waals surface area contributed by atoms with E-state index >= 15 is 0 Å². The molecule has 0 aliphatic heterocycles. The SMILES string of the molecule is NCC(COc1cccc(F)c1)c1ccc(C(F)(F)F)cc1. The van der Waals surface area contributed by atoms with Gasteiger partial charge in [-0.25, -0.2) is 4.39 Å². The average Bonchev–Trinajstić information content (AvgIpc) is 2.47. The molecule has 0 saturated heterocycles. The Morgan fingerprint density at radius 3 is 2.27 bits per heavy atom. The minimum absolute atomic E-state index is 0.158. The smallest absolute Gasteiger partial charge is 0.416 e. The van der Waals surface area contributed by atoms with E-state index in [-0.39, 0.29) is 19.1 Å². The molecule has 0 radical (unpaired) electrons. The summed E-state index contributed by atoms with van der Waals surface area (Å²) < 4.78 is 56.1. The normalized spacial score (nSPS) is 13.0. The van der Waals surface area contributed by atoms with Gasteiger partial charge in [0.25, 0.3) is 0 Å². The van der Waals surface area contributed by atoms with Crippen molar-refractivity contribution in [2.75, 3.05) is 13.2 Å². The van der Waals surface area contributed by atoms with Crippen LogP contribution >= 0.6 is 0 Å². The fraction of sp³-hybridized carbons (Fsp3) is 0.250. The summed E-state index contributed by atoms with van der Waals surface area (Å²) in [7, 11) is 0. The Labute approximate surface area is 125 Å². The predicted octanol–water partition coefficient (Wildman–Crippen LogP) is 3.97. The summed E-state index contributed by atoms with van der Waals surface area (Å²) in [6.07, 6.45) is -4.37. The topological polar surface area (TPSA) is 35.2 Å². The predicted molar refractivity (Wildman–Crippen MR) is 75.1 cm³/mol. The fourth-order valence-corrected chi connectivity index (χ4v) is 2.00. The summed E-state index contributed by atoms with van der Waals surface area (Å²) in [4.78, 5) is 0. The van der Waals surface area contributed by atoms with Crippen LogP contribution in [0.2, 0.25) is 0 Å². The third-order valence-corrected chi connectivity index (χ3v) is 3.24. The van der Waals surface area contributed by atoms with Gasteiger partial charge in [-0.05, 0) is 29.8 Å². The Balaban J connectivity index is 2.05. The lowest BCUT2D eigenvalue weighted by atomic mass is 9.99. The lowest BCUT2D eigenvalue weighted by Crippen LogP contribution is -2.20. The van der Waals surface area contributed by atoms with Gasteiger partial charge in [-0.15, -0.1) is 0 Å². The first kappa shape index (κ1) is 16.3. The number of alkyl halides is 3. The van der Waals surface area contributed by atoms with Crippen LogP contribution in [0.4, 0.5) is 17.6 Å². The number of hydrogen-bond donors (Lipinski definition) is 1. The molecule has 1 atom stereocenters.